The summed E-state index contributed by atoms with van der Waals surface area (Å²) in [5.74, 6) is 3.46. The molecule has 3 atom stereocenters. The van der Waals surface area contributed by atoms with Crippen molar-refractivity contribution in [1.29, 1.82) is 0 Å². The van der Waals surface area contributed by atoms with Crippen molar-refractivity contribution in [2.75, 3.05) is 0 Å². The van der Waals surface area contributed by atoms with Crippen LogP contribution in [0.1, 0.15) is 63.0 Å². The van der Waals surface area contributed by atoms with Crippen LogP contribution in [-0.4, -0.2) is 5.54 Å². The monoisotopic (exact) mass is 319 g/mol. The Bertz CT molecular complexity index is 528. The van der Waals surface area contributed by atoms with Crippen molar-refractivity contribution in [3.05, 3.63) is 35.4 Å². The molecule has 0 aliphatic heterocycles. The largest absolute Gasteiger partial charge is 0.325 e. The van der Waals surface area contributed by atoms with Crippen LogP contribution in [-0.2, 0) is 0 Å². The highest BCUT2D eigenvalue weighted by Crippen LogP contribution is 2.68. The normalized spacial score (nSPS) is 39.6. The van der Waals surface area contributed by atoms with Gasteiger partial charge < -0.3 is 5.73 Å². The number of hydrogen-bond donors (Lipinski definition) is 1. The lowest BCUT2D eigenvalue weighted by Gasteiger charge is -2.66. The molecule has 2 heteroatoms. The number of nitrogens with two attached hydrogens (primary N) is 1. The Labute approximate surface area is 141 Å². The van der Waals surface area contributed by atoms with E-state index >= 15 is 0 Å². The third kappa shape index (κ3) is 2.24. The lowest BCUT2D eigenvalue weighted by molar-refractivity contribution is -0.110. The Morgan fingerprint density at radius 3 is 2.05 bits per heavy atom. The van der Waals surface area contributed by atoms with Crippen molar-refractivity contribution in [3.8, 4) is 0 Å². The van der Waals surface area contributed by atoms with E-state index < -0.39 is 0 Å². The molecule has 4 bridgehead atoms. The Kier molecular flexibility index (Phi) is 3.89. The van der Waals surface area contributed by atoms with E-state index in [1.165, 1.54) is 37.7 Å². The second kappa shape index (κ2) is 5.24. The Morgan fingerprint density at radius 2 is 1.55 bits per heavy atom. The summed E-state index contributed by atoms with van der Waals surface area (Å²) in [6.07, 6.45) is 7.11. The molecule has 5 rings (SSSR count). The maximum atomic E-state index is 6.79. The van der Waals surface area contributed by atoms with Gasteiger partial charge in [0, 0.05) is 5.54 Å². The minimum Gasteiger partial charge on any atom is -0.325 e. The number of hydrogen-bond acceptors (Lipinski definition) is 1. The first kappa shape index (κ1) is 16.3. The van der Waals surface area contributed by atoms with Gasteiger partial charge in [-0.15, -0.1) is 12.4 Å². The first-order chi connectivity index (χ1) is 9.89. The zero-order valence-corrected chi connectivity index (χ0v) is 15.0. The average Bonchev–Trinajstić information content (AvgIpc) is 2.38. The van der Waals surface area contributed by atoms with Gasteiger partial charge in [-0.05, 0) is 87.5 Å². The molecule has 3 unspecified atom stereocenters. The number of aryl methyl sites for hydroxylation is 1. The van der Waals surface area contributed by atoms with Crippen LogP contribution < -0.4 is 5.73 Å². The molecule has 0 heterocycles. The molecular formula is C20H30ClN. The fourth-order valence-electron chi connectivity index (χ4n) is 6.33. The molecule has 2 N–H and O–H groups in total. The number of benzene rings is 1. The first-order valence-electron chi connectivity index (χ1n) is 8.74. The zero-order chi connectivity index (χ0) is 14.8. The lowest BCUT2D eigenvalue weighted by atomic mass is 9.40. The van der Waals surface area contributed by atoms with Crippen LogP contribution in [0, 0.1) is 30.1 Å². The second-order valence-corrected chi connectivity index (χ2v) is 8.87. The predicted molar refractivity (Wildman–Crippen MR) is 95.4 cm³/mol. The average molecular weight is 320 g/mol. The quantitative estimate of drug-likeness (QED) is 0.809. The molecule has 4 aliphatic rings. The topological polar surface area (TPSA) is 26.0 Å². The van der Waals surface area contributed by atoms with Crippen LogP contribution in [0.5, 0.6) is 0 Å². The zero-order valence-electron chi connectivity index (χ0n) is 14.1. The van der Waals surface area contributed by atoms with Crippen LogP contribution >= 0.6 is 12.4 Å². The van der Waals surface area contributed by atoms with E-state index in [-0.39, 0.29) is 17.9 Å². The lowest BCUT2D eigenvalue weighted by Crippen LogP contribution is -2.63. The second-order valence-electron chi connectivity index (χ2n) is 8.87. The molecule has 4 saturated carbocycles. The maximum absolute atomic E-state index is 6.79. The van der Waals surface area contributed by atoms with E-state index in [9.17, 15) is 0 Å². The molecule has 0 saturated heterocycles. The van der Waals surface area contributed by atoms with Crippen LogP contribution in [0.2, 0.25) is 0 Å². The van der Waals surface area contributed by atoms with Gasteiger partial charge in [0.05, 0.1) is 0 Å². The smallest absolute Gasteiger partial charge is 0.0160 e. The summed E-state index contributed by atoms with van der Waals surface area (Å²) in [6, 6.07) is 9.35. The maximum Gasteiger partial charge on any atom is 0.0160 e. The third-order valence-corrected chi connectivity index (χ3v) is 7.03. The number of rotatable bonds is 2. The summed E-state index contributed by atoms with van der Waals surface area (Å²) in [6.45, 7) is 6.77. The minimum absolute atomic E-state index is 0. The highest BCUT2D eigenvalue weighted by Gasteiger charge is 2.61. The molecule has 122 valence electrons. The van der Waals surface area contributed by atoms with Crippen LogP contribution in [0.4, 0.5) is 0 Å². The van der Waals surface area contributed by atoms with Crippen molar-refractivity contribution in [1.82, 2.24) is 0 Å². The molecule has 1 aromatic rings. The highest BCUT2D eigenvalue weighted by molar-refractivity contribution is 5.85. The molecular weight excluding hydrogens is 290 g/mol. The van der Waals surface area contributed by atoms with E-state index in [1.54, 1.807) is 5.56 Å². The van der Waals surface area contributed by atoms with E-state index in [4.69, 9.17) is 5.73 Å². The van der Waals surface area contributed by atoms with E-state index in [2.05, 4.69) is 45.0 Å². The van der Waals surface area contributed by atoms with Crippen molar-refractivity contribution < 1.29 is 0 Å². The molecule has 22 heavy (non-hydrogen) atoms. The van der Waals surface area contributed by atoms with Gasteiger partial charge in [-0.3, -0.25) is 0 Å². The summed E-state index contributed by atoms with van der Waals surface area (Å²) in [5.41, 5.74) is 9.97. The molecule has 0 radical (unpaired) electrons. The summed E-state index contributed by atoms with van der Waals surface area (Å²) in [4.78, 5) is 0. The summed E-state index contributed by atoms with van der Waals surface area (Å²) in [5, 5.41) is 0. The van der Waals surface area contributed by atoms with E-state index in [0.717, 1.165) is 17.8 Å². The van der Waals surface area contributed by atoms with Crippen molar-refractivity contribution in [2.24, 2.45) is 28.9 Å². The van der Waals surface area contributed by atoms with Crippen molar-refractivity contribution in [3.63, 3.8) is 0 Å². The third-order valence-electron chi connectivity index (χ3n) is 7.03. The molecule has 0 aromatic heterocycles. The van der Waals surface area contributed by atoms with Crippen molar-refractivity contribution in [2.45, 2.75) is 64.3 Å². The Balaban J connectivity index is 0.00000144. The Morgan fingerprint density at radius 1 is 1.00 bits per heavy atom. The van der Waals surface area contributed by atoms with Gasteiger partial charge in [0.25, 0.3) is 0 Å². The highest BCUT2D eigenvalue weighted by atomic mass is 35.5. The summed E-state index contributed by atoms with van der Waals surface area (Å²) >= 11 is 0. The number of halogens is 1. The molecule has 0 amide bonds. The molecule has 4 aliphatic carbocycles. The fourth-order valence-corrected chi connectivity index (χ4v) is 6.33. The molecule has 1 aromatic carbocycles. The van der Waals surface area contributed by atoms with Gasteiger partial charge >= 0.3 is 0 Å². The molecule has 4 fully saturated rings. The van der Waals surface area contributed by atoms with Crippen LogP contribution in [0.25, 0.3) is 0 Å². The minimum atomic E-state index is -0.0709. The van der Waals surface area contributed by atoms with Gasteiger partial charge in [-0.1, -0.05) is 29.8 Å². The van der Waals surface area contributed by atoms with Gasteiger partial charge in [-0.25, -0.2) is 0 Å². The van der Waals surface area contributed by atoms with Crippen LogP contribution in [0.15, 0.2) is 24.3 Å². The Hall–Kier alpha value is -0.530. The van der Waals surface area contributed by atoms with Crippen LogP contribution in [0.3, 0.4) is 0 Å². The molecule has 0 spiro atoms. The standard InChI is InChI=1S/C20H29N.ClH/c1-13-4-6-16(7-5-13)18-17-9-14-8-15(10-17)12-20(18,11-14)19(2,3)21;/h4-7,14-15,17-18H,8-12,21H2,1-3H3;1H. The SMILES string of the molecule is Cc1ccc(C2C3CC4CC(C3)CC2(C(C)(C)N)C4)cc1.Cl. The van der Waals surface area contributed by atoms with Gasteiger partial charge in [0.15, 0.2) is 0 Å². The summed E-state index contributed by atoms with van der Waals surface area (Å²) in [7, 11) is 0. The van der Waals surface area contributed by atoms with E-state index in [1.807, 2.05) is 0 Å². The predicted octanol–water partition coefficient (Wildman–Crippen LogP) is 5.06. The summed E-state index contributed by atoms with van der Waals surface area (Å²) < 4.78 is 0. The van der Waals surface area contributed by atoms with Gasteiger partial charge in [-0.2, -0.15) is 0 Å². The fraction of sp³-hybridized carbons (Fsp3) is 0.700. The van der Waals surface area contributed by atoms with Gasteiger partial charge in [0.2, 0.25) is 0 Å². The van der Waals surface area contributed by atoms with Gasteiger partial charge in [0.1, 0.15) is 0 Å². The van der Waals surface area contributed by atoms with E-state index in [0.29, 0.717) is 11.3 Å². The first-order valence-corrected chi connectivity index (χ1v) is 8.74. The molecule has 1 nitrogen and oxygen atoms in total. The van der Waals surface area contributed by atoms with Crippen molar-refractivity contribution >= 4 is 12.4 Å².